The van der Waals surface area contributed by atoms with Gasteiger partial charge in [-0.25, -0.2) is 0 Å². The summed E-state index contributed by atoms with van der Waals surface area (Å²) in [4.78, 5) is 95.8. The molecule has 4 heterocycles. The molecule has 0 bridgehead atoms. The summed E-state index contributed by atoms with van der Waals surface area (Å²) in [5.74, 6) is -7.47. The first kappa shape index (κ1) is 35.1. The molecule has 0 aliphatic carbocycles. The van der Waals surface area contributed by atoms with Crippen LogP contribution in [-0.4, -0.2) is 92.1 Å². The van der Waals surface area contributed by atoms with Crippen LogP contribution < -0.4 is 94.8 Å². The maximum Gasteiger partial charge on any atom is 1.00 e. The van der Waals surface area contributed by atoms with Crippen LogP contribution in [-0.2, 0) is 0 Å². The number of hydrazine groups is 4. The van der Waals surface area contributed by atoms with E-state index in [4.69, 9.17) is 0 Å². The van der Waals surface area contributed by atoms with E-state index in [1.54, 1.807) is 0 Å². The zero-order chi connectivity index (χ0) is 33.9. The van der Waals surface area contributed by atoms with Crippen molar-refractivity contribution in [1.82, 2.24) is 43.4 Å². The largest absolute Gasteiger partial charge is 1.00 e. The van der Waals surface area contributed by atoms with Gasteiger partial charge in [0, 0.05) is 19.7 Å². The summed E-state index contributed by atoms with van der Waals surface area (Å²) in [6.07, 6.45) is -6.29. The molecule has 0 aromatic rings. The summed E-state index contributed by atoms with van der Waals surface area (Å²) in [7, 11) is 0. The summed E-state index contributed by atoms with van der Waals surface area (Å²) in [5.41, 5.74) is -7.65. The minimum atomic E-state index is -6.29. The predicted molar refractivity (Wildman–Crippen MR) is 127 cm³/mol. The fourth-order valence-electron chi connectivity index (χ4n) is 5.29. The molecule has 0 saturated carbocycles. The zero-order valence-corrected chi connectivity index (χ0v) is 24.6. The summed E-state index contributed by atoms with van der Waals surface area (Å²) in [6.45, 7) is 0. The normalized spacial score (nSPS) is 30.6. The van der Waals surface area contributed by atoms with E-state index >= 15 is 0 Å². The van der Waals surface area contributed by atoms with Crippen LogP contribution in [0.2, 0.25) is 0 Å². The van der Waals surface area contributed by atoms with Crippen molar-refractivity contribution >= 4 is 30.0 Å². The number of hydrogen-bond acceptors (Lipinski definition) is 28. The third-order valence-corrected chi connectivity index (χ3v) is 6.76. The van der Waals surface area contributed by atoms with Gasteiger partial charge in [-0.2, -0.15) is 21.7 Å². The molecule has 4 unspecified atom stereocenters. The first-order chi connectivity index (χ1) is 20.8. The molecular weight excluding hydrogens is 682 g/mol. The standard InChI is InChI=1S/C8H8BN20O16.K/c30-22(31)1-10-5(18-14-1,26(38)39)9(6(27(40)41)11-2(15-19-6)23(32)33,7(28(42)43)12-3(16-20-7)24(34)35)8(29(44)45)13-4(17-21-8)25(36)37;/h18-21H,(H,10,14)(H,11,15)(H,12,16)(H,13,17);/q-1;+1. The SMILES string of the molecule is O=[N+]([O-])C1=NC([N+](=O)[O-])([B-](C2([N+](=O)[O-])N=C([N+](=O)[O-])NN2)(C2([N+](=O)[O-])N=C([N+](=O)[O-])NN2)C2([N+](=O)[O-])N=C([N+](=O)[O-])NN2)NN1.[K+]. The minimum absolute atomic E-state index is 0. The molecule has 4 atom stereocenters. The van der Waals surface area contributed by atoms with Gasteiger partial charge < -0.3 is 40.5 Å². The predicted octanol–water partition coefficient (Wildman–Crippen LogP) is -10.7. The van der Waals surface area contributed by atoms with Gasteiger partial charge in [0.1, 0.15) is 0 Å². The third-order valence-electron chi connectivity index (χ3n) is 6.76. The Labute approximate surface area is 286 Å². The zero-order valence-electron chi connectivity index (χ0n) is 21.5. The molecule has 0 saturated heterocycles. The van der Waals surface area contributed by atoms with Crippen LogP contribution in [0.1, 0.15) is 0 Å². The fourth-order valence-corrected chi connectivity index (χ4v) is 5.29. The van der Waals surface area contributed by atoms with Crippen LogP contribution in [0.3, 0.4) is 0 Å². The van der Waals surface area contributed by atoms with E-state index in [1.807, 2.05) is 0 Å². The Balaban J connectivity index is 0.00000576. The van der Waals surface area contributed by atoms with E-state index in [1.165, 1.54) is 43.4 Å². The van der Waals surface area contributed by atoms with Crippen LogP contribution in [0.4, 0.5) is 0 Å². The smallest absolute Gasteiger partial charge is 0.390 e. The van der Waals surface area contributed by atoms with Crippen molar-refractivity contribution < 1.29 is 90.8 Å². The van der Waals surface area contributed by atoms with Crippen molar-refractivity contribution in [1.29, 1.82) is 0 Å². The Morgan fingerprint density at radius 3 is 0.696 bits per heavy atom. The number of nitrogens with one attached hydrogen (secondary N) is 8. The topological polar surface area (TPSA) is 491 Å². The van der Waals surface area contributed by atoms with Gasteiger partial charge in [-0.05, 0) is 39.7 Å². The summed E-state index contributed by atoms with van der Waals surface area (Å²) >= 11 is 0. The number of rotatable bonds is 8. The number of nitrogens with zero attached hydrogens (tertiary/aromatic N) is 12. The van der Waals surface area contributed by atoms with E-state index in [9.17, 15) is 80.9 Å². The van der Waals surface area contributed by atoms with E-state index in [0.29, 0.717) is 0 Å². The molecule has 0 fully saturated rings. The van der Waals surface area contributed by atoms with Crippen molar-refractivity contribution in [2.75, 3.05) is 0 Å². The second-order valence-electron chi connectivity index (χ2n) is 8.57. The molecule has 4 aliphatic heterocycles. The second-order valence-corrected chi connectivity index (χ2v) is 8.57. The van der Waals surface area contributed by atoms with E-state index in [2.05, 4.69) is 20.0 Å². The number of hydrogen-bond donors (Lipinski definition) is 8. The Bertz CT molecular complexity index is 1410. The maximum absolute atomic E-state index is 13.0. The number of guanidine groups is 4. The third kappa shape index (κ3) is 4.16. The van der Waals surface area contributed by atoms with Crippen molar-refractivity contribution in [2.45, 2.75) is 22.7 Å². The van der Waals surface area contributed by atoms with Gasteiger partial charge >= 0.3 is 104 Å². The summed E-state index contributed by atoms with van der Waals surface area (Å²) < 4.78 is 0. The molecule has 0 aromatic heterocycles. The molecule has 38 heteroatoms. The number of aliphatic imine (C=N–C) groups is 4. The molecule has 4 aliphatic rings. The molecule has 0 radical (unpaired) electrons. The molecule has 240 valence electrons. The summed E-state index contributed by atoms with van der Waals surface area (Å²) in [6, 6.07) is 0. The molecule has 8 N–H and O–H groups in total. The fraction of sp³-hybridized carbons (Fsp3) is 0.500. The molecule has 0 spiro atoms. The number of nitro groups is 8. The van der Waals surface area contributed by atoms with Crippen molar-refractivity contribution in [3.05, 3.63) is 80.9 Å². The molecular formula is C8H8BKN20O16. The maximum atomic E-state index is 13.0. The average molecular weight is 690 g/mol. The molecule has 0 aromatic carbocycles. The summed E-state index contributed by atoms with van der Waals surface area (Å²) in [5, 5.41) is 98.3. The Morgan fingerprint density at radius 1 is 0.413 bits per heavy atom. The molecule has 4 rings (SSSR count). The molecule has 46 heavy (non-hydrogen) atoms. The van der Waals surface area contributed by atoms with Gasteiger partial charge in [0.25, 0.3) is 0 Å². The van der Waals surface area contributed by atoms with Crippen molar-refractivity contribution in [3.8, 4) is 0 Å². The van der Waals surface area contributed by atoms with Crippen molar-refractivity contribution in [3.63, 3.8) is 0 Å². The van der Waals surface area contributed by atoms with Crippen LogP contribution in [0.5, 0.6) is 0 Å². The Hall–Kier alpha value is -5.38. The van der Waals surface area contributed by atoms with Gasteiger partial charge in [-0.15, -0.1) is 21.7 Å². The van der Waals surface area contributed by atoms with Gasteiger partial charge in [-0.3, -0.25) is 40.5 Å². The van der Waals surface area contributed by atoms with Crippen LogP contribution in [0.25, 0.3) is 0 Å². The van der Waals surface area contributed by atoms with E-state index < -0.39 is 92.1 Å². The quantitative estimate of drug-likeness (QED) is 0.0665. The minimum Gasteiger partial charge on any atom is -0.390 e. The van der Waals surface area contributed by atoms with E-state index in [0.717, 1.165) is 0 Å². The van der Waals surface area contributed by atoms with Crippen LogP contribution >= 0.6 is 0 Å². The van der Waals surface area contributed by atoms with Gasteiger partial charge in [0.05, 0.1) is 0 Å². The first-order valence-electron chi connectivity index (χ1n) is 10.7. The van der Waals surface area contributed by atoms with Crippen LogP contribution in [0.15, 0.2) is 20.0 Å². The van der Waals surface area contributed by atoms with Crippen LogP contribution in [0, 0.1) is 80.9 Å². The molecule has 36 nitrogen and oxygen atoms in total. The van der Waals surface area contributed by atoms with Gasteiger partial charge in [-0.1, -0.05) is 0 Å². The van der Waals surface area contributed by atoms with Crippen molar-refractivity contribution in [2.24, 2.45) is 20.0 Å². The average Bonchev–Trinajstić information content (AvgIpc) is 3.75. The van der Waals surface area contributed by atoms with Gasteiger partial charge in [0.2, 0.25) is 0 Å². The monoisotopic (exact) mass is 690 g/mol. The van der Waals surface area contributed by atoms with E-state index in [-0.39, 0.29) is 51.4 Å². The Kier molecular flexibility index (Phi) is 8.55. The first-order valence-corrected chi connectivity index (χ1v) is 10.7. The Morgan fingerprint density at radius 2 is 0.587 bits per heavy atom. The molecule has 0 amide bonds. The second kappa shape index (κ2) is 11.2. The van der Waals surface area contributed by atoms with Gasteiger partial charge in [0.15, 0.2) is 0 Å².